The number of allylic oxidation sites excluding steroid dienone is 5. The lowest BCUT2D eigenvalue weighted by Crippen LogP contribution is -1.87. The smallest absolute Gasteiger partial charge is 0.00108 e. The molecule has 0 heteroatoms. The first-order valence-corrected chi connectivity index (χ1v) is 8.76. The predicted octanol–water partition coefficient (Wildman–Crippen LogP) is 7.54. The zero-order valence-electron chi connectivity index (χ0n) is 16.3. The summed E-state index contributed by atoms with van der Waals surface area (Å²) in [6.07, 6.45) is 5.22. The maximum absolute atomic E-state index is 3.95. The fraction of sp³-hybridized carbons (Fsp3) is 0.455. The third-order valence-corrected chi connectivity index (χ3v) is 3.36. The van der Waals surface area contributed by atoms with Gasteiger partial charge >= 0.3 is 0 Å². The monoisotopic (exact) mass is 300 g/mol. The lowest BCUT2D eigenvalue weighted by molar-refractivity contribution is 1.18. The summed E-state index contributed by atoms with van der Waals surface area (Å²) in [5, 5.41) is 0. The lowest BCUT2D eigenvalue weighted by Gasteiger charge is -2.03. The van der Waals surface area contributed by atoms with Crippen LogP contribution in [0.3, 0.4) is 0 Å². The highest BCUT2D eigenvalue weighted by Gasteiger charge is 2.19. The van der Waals surface area contributed by atoms with Gasteiger partial charge in [-0.25, -0.2) is 0 Å². The summed E-state index contributed by atoms with van der Waals surface area (Å²) in [5.41, 5.74) is 8.23. The van der Waals surface area contributed by atoms with Crippen LogP contribution in [0.2, 0.25) is 0 Å². The molecule has 0 fully saturated rings. The SMILES string of the molecule is C=CC1=C(/C(C)=C\C)Cc2cc(C)ccc21.CC.CC.CC. The van der Waals surface area contributed by atoms with E-state index in [1.165, 1.54) is 33.4 Å². The number of hydrogen-bond donors (Lipinski definition) is 0. The zero-order valence-corrected chi connectivity index (χ0v) is 16.3. The summed E-state index contributed by atoms with van der Waals surface area (Å²) in [4.78, 5) is 0. The van der Waals surface area contributed by atoms with E-state index < -0.39 is 0 Å². The number of rotatable bonds is 2. The molecule has 0 bridgehead atoms. The van der Waals surface area contributed by atoms with E-state index in [9.17, 15) is 0 Å². The molecule has 1 aromatic carbocycles. The van der Waals surface area contributed by atoms with Crippen LogP contribution in [-0.2, 0) is 6.42 Å². The number of hydrogen-bond acceptors (Lipinski definition) is 0. The van der Waals surface area contributed by atoms with Crippen molar-refractivity contribution in [2.45, 2.75) is 68.7 Å². The molecular weight excluding hydrogens is 264 g/mol. The molecule has 22 heavy (non-hydrogen) atoms. The molecule has 0 heterocycles. The second kappa shape index (κ2) is 13.1. The van der Waals surface area contributed by atoms with Crippen LogP contribution in [0, 0.1) is 6.92 Å². The van der Waals surface area contributed by atoms with Gasteiger partial charge in [-0.05, 0) is 49.5 Å². The van der Waals surface area contributed by atoms with Gasteiger partial charge in [-0.2, -0.15) is 0 Å². The van der Waals surface area contributed by atoms with Crippen LogP contribution in [0.4, 0.5) is 0 Å². The van der Waals surface area contributed by atoms with Crippen LogP contribution in [-0.4, -0.2) is 0 Å². The molecule has 0 nitrogen and oxygen atoms in total. The van der Waals surface area contributed by atoms with Crippen molar-refractivity contribution in [3.8, 4) is 0 Å². The molecular formula is C22H36. The summed E-state index contributed by atoms with van der Waals surface area (Å²) in [5.74, 6) is 0. The van der Waals surface area contributed by atoms with Gasteiger partial charge < -0.3 is 0 Å². The Kier molecular flexibility index (Phi) is 13.6. The van der Waals surface area contributed by atoms with E-state index in [0.29, 0.717) is 0 Å². The largest absolute Gasteiger partial charge is 0.0984 e. The highest BCUT2D eigenvalue weighted by Crippen LogP contribution is 2.37. The van der Waals surface area contributed by atoms with Crippen LogP contribution in [0.5, 0.6) is 0 Å². The fourth-order valence-electron chi connectivity index (χ4n) is 2.34. The molecule has 0 saturated carbocycles. The van der Waals surface area contributed by atoms with Crippen molar-refractivity contribution in [2.24, 2.45) is 0 Å². The molecule has 0 atom stereocenters. The first kappa shape index (κ1) is 22.7. The molecule has 1 aromatic rings. The minimum absolute atomic E-state index is 1.05. The van der Waals surface area contributed by atoms with E-state index in [-0.39, 0.29) is 0 Å². The zero-order chi connectivity index (χ0) is 17.7. The van der Waals surface area contributed by atoms with Gasteiger partial charge in [0.25, 0.3) is 0 Å². The summed E-state index contributed by atoms with van der Waals surface area (Å²) < 4.78 is 0. The van der Waals surface area contributed by atoms with Crippen molar-refractivity contribution in [1.82, 2.24) is 0 Å². The molecule has 0 N–H and O–H groups in total. The molecule has 0 aromatic heterocycles. The van der Waals surface area contributed by atoms with E-state index in [1.54, 1.807) is 0 Å². The fourth-order valence-corrected chi connectivity index (χ4v) is 2.34. The first-order valence-electron chi connectivity index (χ1n) is 8.76. The van der Waals surface area contributed by atoms with Gasteiger partial charge in [0.05, 0.1) is 0 Å². The second-order valence-corrected chi connectivity index (χ2v) is 4.41. The molecule has 1 aliphatic rings. The highest BCUT2D eigenvalue weighted by molar-refractivity contribution is 5.85. The maximum atomic E-state index is 3.95. The standard InChI is InChI=1S/C16H18.3C2H6/c1-5-12(4)16-10-13-9-11(3)7-8-15(13)14(16)6-2;3*1-2/h5-9H,2,10H2,1,3-4H3;3*1-2H3/b12-5-;;;. The molecule has 0 radical (unpaired) electrons. The van der Waals surface area contributed by atoms with Crippen LogP contribution in [0.1, 0.15) is 72.1 Å². The quantitative estimate of drug-likeness (QED) is 0.529. The molecule has 0 amide bonds. The van der Waals surface area contributed by atoms with Gasteiger partial charge in [-0.3, -0.25) is 0 Å². The van der Waals surface area contributed by atoms with Gasteiger partial charge in [0.15, 0.2) is 0 Å². The Hall–Kier alpha value is -1.56. The molecule has 0 unspecified atom stereocenters. The Balaban J connectivity index is 0. The number of aryl methyl sites for hydroxylation is 1. The Morgan fingerprint density at radius 3 is 2.05 bits per heavy atom. The Bertz CT molecular complexity index is 499. The van der Waals surface area contributed by atoms with E-state index in [4.69, 9.17) is 0 Å². The molecule has 0 saturated heterocycles. The molecule has 0 spiro atoms. The molecule has 0 aliphatic heterocycles. The average Bonchev–Trinajstić information content (AvgIpc) is 2.97. The average molecular weight is 301 g/mol. The predicted molar refractivity (Wildman–Crippen MR) is 105 cm³/mol. The Morgan fingerprint density at radius 1 is 1.05 bits per heavy atom. The molecule has 124 valence electrons. The Morgan fingerprint density at radius 2 is 1.59 bits per heavy atom. The van der Waals surface area contributed by atoms with Gasteiger partial charge in [0, 0.05) is 0 Å². The van der Waals surface area contributed by atoms with E-state index >= 15 is 0 Å². The van der Waals surface area contributed by atoms with Crippen LogP contribution < -0.4 is 0 Å². The highest BCUT2D eigenvalue weighted by atomic mass is 14.2. The maximum Gasteiger partial charge on any atom is -0.00108 e. The van der Waals surface area contributed by atoms with Crippen LogP contribution >= 0.6 is 0 Å². The summed E-state index contributed by atoms with van der Waals surface area (Å²) in [6, 6.07) is 6.68. The van der Waals surface area contributed by atoms with Gasteiger partial charge in [0.2, 0.25) is 0 Å². The van der Waals surface area contributed by atoms with Gasteiger partial charge in [0.1, 0.15) is 0 Å². The van der Waals surface area contributed by atoms with Crippen molar-refractivity contribution >= 4 is 5.57 Å². The van der Waals surface area contributed by atoms with Gasteiger partial charge in [-0.1, -0.05) is 89.6 Å². The third kappa shape index (κ3) is 5.67. The minimum Gasteiger partial charge on any atom is -0.0984 e. The van der Waals surface area contributed by atoms with Crippen molar-refractivity contribution in [1.29, 1.82) is 0 Å². The molecule has 1 aliphatic carbocycles. The summed E-state index contributed by atoms with van der Waals surface area (Å²) in [6.45, 7) is 22.4. The summed E-state index contributed by atoms with van der Waals surface area (Å²) in [7, 11) is 0. The first-order chi connectivity index (χ1) is 10.7. The van der Waals surface area contributed by atoms with Crippen molar-refractivity contribution in [2.75, 3.05) is 0 Å². The van der Waals surface area contributed by atoms with E-state index in [1.807, 2.05) is 47.6 Å². The van der Waals surface area contributed by atoms with Gasteiger partial charge in [-0.15, -0.1) is 0 Å². The van der Waals surface area contributed by atoms with Crippen LogP contribution in [0.15, 0.2) is 48.1 Å². The Labute approximate surface area is 139 Å². The van der Waals surface area contributed by atoms with E-state index in [0.717, 1.165) is 6.42 Å². The normalized spacial score (nSPS) is 12.0. The minimum atomic E-state index is 1.05. The second-order valence-electron chi connectivity index (χ2n) is 4.41. The molecule has 2 rings (SSSR count). The topological polar surface area (TPSA) is 0 Å². The van der Waals surface area contributed by atoms with Crippen molar-refractivity contribution in [3.63, 3.8) is 0 Å². The van der Waals surface area contributed by atoms with Crippen molar-refractivity contribution < 1.29 is 0 Å². The summed E-state index contributed by atoms with van der Waals surface area (Å²) >= 11 is 0. The lowest BCUT2D eigenvalue weighted by atomic mass is 10.0. The number of fused-ring (bicyclic) bond motifs is 1. The van der Waals surface area contributed by atoms with Crippen LogP contribution in [0.25, 0.3) is 5.57 Å². The third-order valence-electron chi connectivity index (χ3n) is 3.36. The van der Waals surface area contributed by atoms with E-state index in [2.05, 4.69) is 51.6 Å². The number of benzene rings is 1. The van der Waals surface area contributed by atoms with Crippen molar-refractivity contribution in [3.05, 3.63) is 64.8 Å².